The Balaban J connectivity index is 2.25. The van der Waals surface area contributed by atoms with Gasteiger partial charge in [0.1, 0.15) is 0 Å². The molecule has 2 N–H and O–H groups in total. The van der Waals surface area contributed by atoms with Crippen LogP contribution >= 0.6 is 0 Å². The smallest absolute Gasteiger partial charge is 0.257 e. The lowest BCUT2D eigenvalue weighted by atomic mass is 10.0. The highest BCUT2D eigenvalue weighted by Crippen LogP contribution is 2.25. The lowest BCUT2D eigenvalue weighted by Gasteiger charge is -2.31. The lowest BCUT2D eigenvalue weighted by Crippen LogP contribution is -2.45. The van der Waals surface area contributed by atoms with E-state index >= 15 is 0 Å². The molecule has 104 valence electrons. The average molecular weight is 266 g/mol. The Morgan fingerprint density at radius 1 is 1.58 bits per heavy atom. The van der Waals surface area contributed by atoms with Crippen LogP contribution in [-0.2, 0) is 0 Å². The molecule has 2 rings (SSSR count). The number of likely N-dealkylation sites (tertiary alicyclic amines) is 1. The highest BCUT2D eigenvalue weighted by atomic mass is 19.1. The first-order valence-corrected chi connectivity index (χ1v) is 6.59. The quantitative estimate of drug-likeness (QED) is 0.907. The number of para-hydroxylation sites is 1. The molecule has 1 amide bonds. The predicted octanol–water partition coefficient (Wildman–Crippen LogP) is 1.79. The minimum absolute atomic E-state index is 0.00167. The second-order valence-electron chi connectivity index (χ2n) is 4.70. The minimum atomic E-state index is -0.506. The third-order valence-corrected chi connectivity index (χ3v) is 3.23. The van der Waals surface area contributed by atoms with E-state index in [2.05, 4.69) is 0 Å². The third-order valence-electron chi connectivity index (χ3n) is 3.23. The Labute approximate surface area is 112 Å². The zero-order valence-electron chi connectivity index (χ0n) is 11.1. The van der Waals surface area contributed by atoms with Crippen LogP contribution < -0.4 is 10.5 Å². The van der Waals surface area contributed by atoms with Gasteiger partial charge < -0.3 is 15.4 Å². The van der Waals surface area contributed by atoms with E-state index in [1.54, 1.807) is 17.9 Å². The van der Waals surface area contributed by atoms with Crippen molar-refractivity contribution in [3.05, 3.63) is 29.6 Å². The monoisotopic (exact) mass is 266 g/mol. The summed E-state index contributed by atoms with van der Waals surface area (Å²) in [6.07, 6.45) is 1.80. The average Bonchev–Trinajstić information content (AvgIpc) is 2.40. The molecule has 0 spiro atoms. The number of halogens is 1. The van der Waals surface area contributed by atoms with Crippen LogP contribution in [0.15, 0.2) is 18.2 Å². The number of nitrogens with two attached hydrogens (primary N) is 1. The van der Waals surface area contributed by atoms with Crippen LogP contribution in [0, 0.1) is 5.82 Å². The zero-order chi connectivity index (χ0) is 13.8. The molecule has 1 atom stereocenters. The molecule has 5 heteroatoms. The second-order valence-corrected chi connectivity index (χ2v) is 4.70. The van der Waals surface area contributed by atoms with Crippen molar-refractivity contribution in [2.24, 2.45) is 5.73 Å². The molecule has 1 saturated heterocycles. The highest BCUT2D eigenvalue weighted by Gasteiger charge is 2.25. The van der Waals surface area contributed by atoms with Crippen LogP contribution in [0.5, 0.6) is 5.75 Å². The number of nitrogens with zero attached hydrogens (tertiary/aromatic N) is 1. The Hall–Kier alpha value is -1.62. The van der Waals surface area contributed by atoms with Gasteiger partial charge in [0.2, 0.25) is 0 Å². The minimum Gasteiger partial charge on any atom is -0.490 e. The van der Waals surface area contributed by atoms with Gasteiger partial charge in [-0.1, -0.05) is 6.07 Å². The molecule has 1 fully saturated rings. The fourth-order valence-corrected chi connectivity index (χ4v) is 2.33. The van der Waals surface area contributed by atoms with E-state index in [1.165, 1.54) is 12.1 Å². The fraction of sp³-hybridized carbons (Fsp3) is 0.500. The SMILES string of the molecule is CCOc1c(F)cccc1C(=O)N1CCC[C@H](N)C1. The molecule has 1 aliphatic rings. The molecule has 0 aliphatic carbocycles. The normalized spacial score (nSPS) is 19.3. The largest absolute Gasteiger partial charge is 0.490 e. The first kappa shape index (κ1) is 13.8. The topological polar surface area (TPSA) is 55.6 Å². The number of hydrogen-bond donors (Lipinski definition) is 1. The molecule has 1 aliphatic heterocycles. The van der Waals surface area contributed by atoms with Crippen molar-refractivity contribution in [3.8, 4) is 5.75 Å². The Bertz CT molecular complexity index is 465. The Morgan fingerprint density at radius 3 is 3.05 bits per heavy atom. The van der Waals surface area contributed by atoms with Crippen LogP contribution in [0.4, 0.5) is 4.39 Å². The van der Waals surface area contributed by atoms with Gasteiger partial charge in [-0.25, -0.2) is 4.39 Å². The Kier molecular flexibility index (Phi) is 4.37. The molecule has 0 unspecified atom stereocenters. The van der Waals surface area contributed by atoms with Gasteiger partial charge >= 0.3 is 0 Å². The molecule has 19 heavy (non-hydrogen) atoms. The van der Waals surface area contributed by atoms with Crippen LogP contribution in [0.1, 0.15) is 30.1 Å². The number of piperidine rings is 1. The molecule has 0 radical (unpaired) electrons. The van der Waals surface area contributed by atoms with Crippen LogP contribution in [0.25, 0.3) is 0 Å². The number of amides is 1. The number of carbonyl (C=O) groups is 1. The number of rotatable bonds is 3. The molecule has 1 heterocycles. The summed E-state index contributed by atoms with van der Waals surface area (Å²) in [6.45, 7) is 3.26. The fourth-order valence-electron chi connectivity index (χ4n) is 2.33. The zero-order valence-corrected chi connectivity index (χ0v) is 11.1. The van der Waals surface area contributed by atoms with Gasteiger partial charge in [0, 0.05) is 19.1 Å². The maximum Gasteiger partial charge on any atom is 0.257 e. The standard InChI is InChI=1S/C14H19FN2O2/c1-2-19-13-11(6-3-7-12(13)15)14(18)17-8-4-5-10(16)9-17/h3,6-7,10H,2,4-5,8-9,16H2,1H3/t10-/m0/s1. The van der Waals surface area contributed by atoms with Gasteiger partial charge in [0.25, 0.3) is 5.91 Å². The van der Waals surface area contributed by atoms with E-state index in [4.69, 9.17) is 10.5 Å². The van der Waals surface area contributed by atoms with Gasteiger partial charge in [-0.15, -0.1) is 0 Å². The van der Waals surface area contributed by atoms with Gasteiger partial charge in [0.05, 0.1) is 12.2 Å². The molecule has 0 aromatic heterocycles. The molecule has 1 aromatic carbocycles. The van der Waals surface area contributed by atoms with Crippen LogP contribution in [0.2, 0.25) is 0 Å². The Morgan fingerprint density at radius 2 is 2.37 bits per heavy atom. The van der Waals surface area contributed by atoms with Crippen molar-refractivity contribution in [1.29, 1.82) is 0 Å². The molecular formula is C14H19FN2O2. The van der Waals surface area contributed by atoms with E-state index in [1.807, 2.05) is 0 Å². The molecule has 1 aromatic rings. The summed E-state index contributed by atoms with van der Waals surface area (Å²) in [5, 5.41) is 0. The number of benzene rings is 1. The van der Waals surface area contributed by atoms with E-state index in [-0.39, 0.29) is 23.3 Å². The summed E-state index contributed by atoms with van der Waals surface area (Å²) in [5.74, 6) is -0.679. The molecule has 0 saturated carbocycles. The maximum atomic E-state index is 13.7. The lowest BCUT2D eigenvalue weighted by molar-refractivity contribution is 0.0703. The number of carbonyl (C=O) groups excluding carboxylic acids is 1. The van der Waals surface area contributed by atoms with Gasteiger partial charge in [-0.05, 0) is 31.9 Å². The van der Waals surface area contributed by atoms with Crippen molar-refractivity contribution >= 4 is 5.91 Å². The van der Waals surface area contributed by atoms with Crippen LogP contribution in [-0.4, -0.2) is 36.5 Å². The first-order chi connectivity index (χ1) is 9.13. The highest BCUT2D eigenvalue weighted by molar-refractivity contribution is 5.97. The van der Waals surface area contributed by atoms with Crippen molar-refractivity contribution in [3.63, 3.8) is 0 Å². The molecule has 0 bridgehead atoms. The molecular weight excluding hydrogens is 247 g/mol. The maximum absolute atomic E-state index is 13.7. The van der Waals surface area contributed by atoms with E-state index in [9.17, 15) is 9.18 Å². The summed E-state index contributed by atoms with van der Waals surface area (Å²) in [7, 11) is 0. The van der Waals surface area contributed by atoms with Crippen molar-refractivity contribution in [2.45, 2.75) is 25.8 Å². The van der Waals surface area contributed by atoms with Gasteiger partial charge in [-0.3, -0.25) is 4.79 Å². The van der Waals surface area contributed by atoms with Gasteiger partial charge in [-0.2, -0.15) is 0 Å². The summed E-state index contributed by atoms with van der Waals surface area (Å²) in [6, 6.07) is 4.41. The van der Waals surface area contributed by atoms with Gasteiger partial charge in [0.15, 0.2) is 11.6 Å². The van der Waals surface area contributed by atoms with E-state index in [0.717, 1.165) is 12.8 Å². The summed E-state index contributed by atoms with van der Waals surface area (Å²) >= 11 is 0. The number of hydrogen-bond acceptors (Lipinski definition) is 3. The summed E-state index contributed by atoms with van der Waals surface area (Å²) in [4.78, 5) is 14.1. The van der Waals surface area contributed by atoms with E-state index in [0.29, 0.717) is 19.7 Å². The first-order valence-electron chi connectivity index (χ1n) is 6.59. The van der Waals surface area contributed by atoms with Crippen LogP contribution in [0.3, 0.4) is 0 Å². The summed E-state index contributed by atoms with van der Waals surface area (Å²) in [5.41, 5.74) is 6.14. The summed E-state index contributed by atoms with van der Waals surface area (Å²) < 4.78 is 19.0. The second kappa shape index (κ2) is 6.02. The predicted molar refractivity (Wildman–Crippen MR) is 70.7 cm³/mol. The van der Waals surface area contributed by atoms with Crippen molar-refractivity contribution < 1.29 is 13.9 Å². The van der Waals surface area contributed by atoms with E-state index < -0.39 is 5.82 Å². The van der Waals surface area contributed by atoms with Crippen molar-refractivity contribution in [1.82, 2.24) is 4.90 Å². The molecule has 4 nitrogen and oxygen atoms in total. The third kappa shape index (κ3) is 3.04. The van der Waals surface area contributed by atoms with Crippen molar-refractivity contribution in [2.75, 3.05) is 19.7 Å². The number of ether oxygens (including phenoxy) is 1.